The van der Waals surface area contributed by atoms with Gasteiger partial charge in [-0.1, -0.05) is 26.2 Å². The van der Waals surface area contributed by atoms with Crippen LogP contribution in [0.2, 0.25) is 0 Å². The molecule has 0 atom stereocenters. The maximum Gasteiger partial charge on any atom is 0.166 e. The Kier molecular flexibility index (Phi) is 4.19. The van der Waals surface area contributed by atoms with Crippen LogP contribution < -0.4 is 5.32 Å². The van der Waals surface area contributed by atoms with Gasteiger partial charge in [-0.3, -0.25) is 0 Å². The van der Waals surface area contributed by atoms with Crippen LogP contribution in [-0.4, -0.2) is 26.1 Å². The van der Waals surface area contributed by atoms with E-state index in [0.717, 1.165) is 32.2 Å². The first-order valence-corrected chi connectivity index (χ1v) is 6.80. The normalized spacial score (nSPS) is 20.4. The lowest BCUT2D eigenvalue weighted by molar-refractivity contribution is 0.481. The molecule has 0 bridgehead atoms. The summed E-state index contributed by atoms with van der Waals surface area (Å²) in [5.41, 5.74) is 0. The van der Waals surface area contributed by atoms with Gasteiger partial charge in [0.05, 0.1) is 11.1 Å². The fraction of sp³-hybridized carbons (Fsp3) is 1.00. The Morgan fingerprint density at radius 3 is 2.38 bits per heavy atom. The maximum absolute atomic E-state index is 11.7. The molecule has 0 unspecified atom stereocenters. The van der Waals surface area contributed by atoms with Crippen LogP contribution in [-0.2, 0) is 9.84 Å². The van der Waals surface area contributed by atoms with Gasteiger partial charge in [0, 0.05) is 0 Å². The van der Waals surface area contributed by atoms with Crippen LogP contribution >= 0.6 is 0 Å². The highest BCUT2D eigenvalue weighted by Crippen LogP contribution is 2.23. The Morgan fingerprint density at radius 2 is 1.85 bits per heavy atom. The van der Waals surface area contributed by atoms with Crippen molar-refractivity contribution >= 4 is 9.84 Å². The van der Waals surface area contributed by atoms with Crippen LogP contribution in [0.3, 0.4) is 0 Å². The second-order valence-electron chi connectivity index (χ2n) is 3.67. The molecule has 1 aliphatic rings. The molecule has 1 rings (SSSR count). The molecule has 0 aromatic rings. The highest BCUT2D eigenvalue weighted by atomic mass is 32.2. The van der Waals surface area contributed by atoms with Gasteiger partial charge < -0.3 is 5.32 Å². The fourth-order valence-corrected chi connectivity index (χ4v) is 3.56. The molecular weight excluding hydrogens is 186 g/mol. The molecule has 0 radical (unpaired) electrons. The molecule has 1 aliphatic carbocycles. The molecule has 1 fully saturated rings. The molecule has 1 N–H and O–H groups in total. The van der Waals surface area contributed by atoms with E-state index in [2.05, 4.69) is 5.32 Å². The number of rotatable bonds is 4. The minimum Gasteiger partial charge on any atom is -0.304 e. The monoisotopic (exact) mass is 205 g/mol. The van der Waals surface area contributed by atoms with E-state index in [1.165, 1.54) is 6.42 Å². The lowest BCUT2D eigenvalue weighted by Gasteiger charge is -2.21. The van der Waals surface area contributed by atoms with Crippen molar-refractivity contribution in [3.8, 4) is 0 Å². The van der Waals surface area contributed by atoms with Gasteiger partial charge in [-0.2, -0.15) is 0 Å². The van der Waals surface area contributed by atoms with E-state index >= 15 is 0 Å². The highest BCUT2D eigenvalue weighted by Gasteiger charge is 2.26. The Bertz CT molecular complexity index is 230. The van der Waals surface area contributed by atoms with Gasteiger partial charge in [0.15, 0.2) is 9.84 Å². The molecule has 0 aromatic heterocycles. The summed E-state index contributed by atoms with van der Waals surface area (Å²) in [5, 5.41) is 2.83. The van der Waals surface area contributed by atoms with E-state index in [1.54, 1.807) is 0 Å². The predicted molar refractivity (Wildman–Crippen MR) is 54.3 cm³/mol. The lowest BCUT2D eigenvalue weighted by atomic mass is 10.0. The lowest BCUT2D eigenvalue weighted by Crippen LogP contribution is -2.32. The molecule has 13 heavy (non-hydrogen) atoms. The fourth-order valence-electron chi connectivity index (χ4n) is 1.79. The van der Waals surface area contributed by atoms with Crippen molar-refractivity contribution in [2.75, 3.05) is 12.4 Å². The van der Waals surface area contributed by atoms with Crippen LogP contribution in [0, 0.1) is 0 Å². The van der Waals surface area contributed by atoms with Gasteiger partial charge in [0.25, 0.3) is 0 Å². The van der Waals surface area contributed by atoms with Crippen LogP contribution in [0.5, 0.6) is 0 Å². The molecule has 1 saturated carbocycles. The molecule has 0 spiro atoms. The van der Waals surface area contributed by atoms with Crippen molar-refractivity contribution < 1.29 is 8.42 Å². The molecule has 0 aromatic carbocycles. The first-order valence-electron chi connectivity index (χ1n) is 5.09. The van der Waals surface area contributed by atoms with Crippen LogP contribution in [0.25, 0.3) is 0 Å². The summed E-state index contributed by atoms with van der Waals surface area (Å²) in [4.78, 5) is 0. The third-order valence-corrected chi connectivity index (χ3v) is 4.71. The summed E-state index contributed by atoms with van der Waals surface area (Å²) >= 11 is 0. The van der Waals surface area contributed by atoms with E-state index in [1.807, 2.05) is 6.92 Å². The minimum atomic E-state index is -2.86. The van der Waals surface area contributed by atoms with Gasteiger partial charge in [-0.25, -0.2) is 8.42 Å². The zero-order chi connectivity index (χ0) is 9.73. The van der Waals surface area contributed by atoms with E-state index < -0.39 is 9.84 Å². The zero-order valence-electron chi connectivity index (χ0n) is 8.25. The second kappa shape index (κ2) is 4.96. The van der Waals surface area contributed by atoms with Crippen LogP contribution in [0.4, 0.5) is 0 Å². The van der Waals surface area contributed by atoms with Crippen molar-refractivity contribution in [2.24, 2.45) is 0 Å². The number of hydrogen-bond acceptors (Lipinski definition) is 3. The Labute approximate surface area is 80.8 Å². The van der Waals surface area contributed by atoms with Crippen molar-refractivity contribution in [3.05, 3.63) is 0 Å². The summed E-state index contributed by atoms with van der Waals surface area (Å²) in [6, 6.07) is 0. The number of nitrogens with one attached hydrogen (secondary N) is 1. The molecule has 0 amide bonds. The van der Waals surface area contributed by atoms with Gasteiger partial charge in [0.2, 0.25) is 0 Å². The third-order valence-electron chi connectivity index (χ3n) is 2.61. The van der Waals surface area contributed by atoms with E-state index in [-0.39, 0.29) is 11.1 Å². The van der Waals surface area contributed by atoms with Crippen molar-refractivity contribution in [1.82, 2.24) is 5.32 Å². The number of sulfone groups is 1. The standard InChI is InChI=1S/C9H19NO2S/c1-2-10-8-13(11,12)9-6-4-3-5-7-9/h9-10H,2-8H2,1H3. The quantitative estimate of drug-likeness (QED) is 0.752. The molecule has 78 valence electrons. The van der Waals surface area contributed by atoms with Crippen molar-refractivity contribution in [1.29, 1.82) is 0 Å². The number of hydrogen-bond donors (Lipinski definition) is 1. The summed E-state index contributed by atoms with van der Waals surface area (Å²) in [6.07, 6.45) is 5.10. The minimum absolute atomic E-state index is 0.0692. The zero-order valence-corrected chi connectivity index (χ0v) is 9.07. The highest BCUT2D eigenvalue weighted by molar-refractivity contribution is 7.91. The predicted octanol–water partition coefficient (Wildman–Crippen LogP) is 1.30. The Balaban J connectivity index is 2.47. The SMILES string of the molecule is CCNCS(=O)(=O)C1CCCCC1. The van der Waals surface area contributed by atoms with E-state index in [0.29, 0.717) is 0 Å². The summed E-state index contributed by atoms with van der Waals surface area (Å²) < 4.78 is 23.4. The van der Waals surface area contributed by atoms with Gasteiger partial charge in [-0.15, -0.1) is 0 Å². The van der Waals surface area contributed by atoms with Crippen LogP contribution in [0.15, 0.2) is 0 Å². The van der Waals surface area contributed by atoms with E-state index in [4.69, 9.17) is 0 Å². The smallest absolute Gasteiger partial charge is 0.166 e. The maximum atomic E-state index is 11.7. The average Bonchev–Trinajstić information content (AvgIpc) is 2.16. The van der Waals surface area contributed by atoms with E-state index in [9.17, 15) is 8.42 Å². The van der Waals surface area contributed by atoms with Crippen molar-refractivity contribution in [3.63, 3.8) is 0 Å². The van der Waals surface area contributed by atoms with Crippen LogP contribution in [0.1, 0.15) is 39.0 Å². The topological polar surface area (TPSA) is 46.2 Å². The van der Waals surface area contributed by atoms with Gasteiger partial charge in [0.1, 0.15) is 0 Å². The summed E-state index contributed by atoms with van der Waals surface area (Å²) in [5.74, 6) is 0.161. The van der Waals surface area contributed by atoms with Crippen molar-refractivity contribution in [2.45, 2.75) is 44.3 Å². The summed E-state index contributed by atoms with van der Waals surface area (Å²) in [6.45, 7) is 2.66. The largest absolute Gasteiger partial charge is 0.304 e. The average molecular weight is 205 g/mol. The first-order chi connectivity index (χ1) is 6.17. The molecule has 0 aliphatic heterocycles. The molecule has 0 saturated heterocycles. The second-order valence-corrected chi connectivity index (χ2v) is 5.95. The third kappa shape index (κ3) is 3.27. The Morgan fingerprint density at radius 1 is 1.23 bits per heavy atom. The first kappa shape index (κ1) is 11.0. The molecular formula is C9H19NO2S. The van der Waals surface area contributed by atoms with Gasteiger partial charge in [-0.05, 0) is 19.4 Å². The molecule has 4 heteroatoms. The molecule has 3 nitrogen and oxygen atoms in total. The summed E-state index contributed by atoms with van der Waals surface area (Å²) in [7, 11) is -2.86. The van der Waals surface area contributed by atoms with Gasteiger partial charge >= 0.3 is 0 Å². The Hall–Kier alpha value is -0.0900. The molecule has 0 heterocycles.